The number of piperidine rings is 1. The van der Waals surface area contributed by atoms with Crippen molar-refractivity contribution < 1.29 is 0 Å². The van der Waals surface area contributed by atoms with Gasteiger partial charge < -0.3 is 5.73 Å². The summed E-state index contributed by atoms with van der Waals surface area (Å²) in [4.78, 5) is 2.45. The molecule has 0 aliphatic carbocycles. The molecule has 0 spiro atoms. The summed E-state index contributed by atoms with van der Waals surface area (Å²) >= 11 is 6.46. The number of aromatic nitrogens is 2. The van der Waals surface area contributed by atoms with E-state index in [-0.39, 0.29) is 0 Å². The zero-order valence-electron chi connectivity index (χ0n) is 12.2. The highest BCUT2D eigenvalue weighted by Crippen LogP contribution is 2.25. The third-order valence-corrected chi connectivity index (χ3v) is 4.56. The monoisotopic (exact) mass is 284 g/mol. The van der Waals surface area contributed by atoms with Crippen LogP contribution in [-0.2, 0) is 19.5 Å². The van der Waals surface area contributed by atoms with E-state index in [9.17, 15) is 0 Å². The Morgan fingerprint density at radius 1 is 1.42 bits per heavy atom. The highest BCUT2D eigenvalue weighted by molar-refractivity contribution is 6.31. The van der Waals surface area contributed by atoms with Gasteiger partial charge in [0.15, 0.2) is 0 Å². The number of likely N-dealkylation sites (tertiary alicyclic amines) is 1. The van der Waals surface area contributed by atoms with Crippen molar-refractivity contribution in [2.45, 2.75) is 52.7 Å². The van der Waals surface area contributed by atoms with Crippen LogP contribution in [0.5, 0.6) is 0 Å². The van der Waals surface area contributed by atoms with Crippen LogP contribution in [-0.4, -0.2) is 33.8 Å². The van der Waals surface area contributed by atoms with Gasteiger partial charge in [0.2, 0.25) is 0 Å². The lowest BCUT2D eigenvalue weighted by Crippen LogP contribution is -2.45. The molecule has 0 bridgehead atoms. The zero-order valence-corrected chi connectivity index (χ0v) is 13.0. The lowest BCUT2D eigenvalue weighted by atomic mass is 9.95. The summed E-state index contributed by atoms with van der Waals surface area (Å²) in [5.41, 5.74) is 8.25. The second-order valence-electron chi connectivity index (χ2n) is 5.54. The van der Waals surface area contributed by atoms with Gasteiger partial charge in [-0.25, -0.2) is 0 Å². The van der Waals surface area contributed by atoms with Crippen molar-refractivity contribution in [3.8, 4) is 0 Å². The summed E-state index contributed by atoms with van der Waals surface area (Å²) in [6.07, 6.45) is 1.96. The number of hydrogen-bond acceptors (Lipinski definition) is 3. The van der Waals surface area contributed by atoms with Crippen LogP contribution in [0.1, 0.15) is 38.6 Å². The average molecular weight is 285 g/mol. The molecule has 1 aromatic rings. The van der Waals surface area contributed by atoms with Crippen LogP contribution in [0.15, 0.2) is 0 Å². The molecule has 0 amide bonds. The molecule has 1 fully saturated rings. The highest BCUT2D eigenvalue weighted by atomic mass is 35.5. The number of hydrogen-bond donors (Lipinski definition) is 1. The van der Waals surface area contributed by atoms with Crippen LogP contribution >= 0.6 is 11.6 Å². The van der Waals surface area contributed by atoms with Gasteiger partial charge >= 0.3 is 0 Å². The van der Waals surface area contributed by atoms with Gasteiger partial charge in [0.25, 0.3) is 0 Å². The fourth-order valence-electron chi connectivity index (χ4n) is 2.77. The van der Waals surface area contributed by atoms with E-state index < -0.39 is 0 Å². The van der Waals surface area contributed by atoms with Crippen molar-refractivity contribution in [2.75, 3.05) is 13.1 Å². The Morgan fingerprint density at radius 2 is 2.16 bits per heavy atom. The molecule has 4 nitrogen and oxygen atoms in total. The SMILES string of the molecule is CCc1nn(CC)c(CN2CCC(N)C(C)C2)c1Cl. The Morgan fingerprint density at radius 3 is 2.74 bits per heavy atom. The molecule has 108 valence electrons. The number of halogens is 1. The van der Waals surface area contributed by atoms with Crippen LogP contribution < -0.4 is 5.73 Å². The van der Waals surface area contributed by atoms with E-state index in [1.165, 1.54) is 0 Å². The molecule has 2 rings (SSSR count). The van der Waals surface area contributed by atoms with Crippen molar-refractivity contribution in [2.24, 2.45) is 11.7 Å². The number of nitrogens with two attached hydrogens (primary N) is 1. The van der Waals surface area contributed by atoms with E-state index in [2.05, 4.69) is 30.8 Å². The van der Waals surface area contributed by atoms with Crippen LogP contribution in [0.2, 0.25) is 5.02 Å². The summed E-state index contributed by atoms with van der Waals surface area (Å²) in [7, 11) is 0. The topological polar surface area (TPSA) is 47.1 Å². The molecular formula is C14H25ClN4. The van der Waals surface area contributed by atoms with E-state index >= 15 is 0 Å². The molecule has 0 aromatic carbocycles. The molecular weight excluding hydrogens is 260 g/mol. The average Bonchev–Trinajstić information content (AvgIpc) is 2.70. The smallest absolute Gasteiger partial charge is 0.0863 e. The Hall–Kier alpha value is -0.580. The van der Waals surface area contributed by atoms with Gasteiger partial charge in [-0.2, -0.15) is 5.10 Å². The predicted octanol–water partition coefficient (Wildman–Crippen LogP) is 2.29. The van der Waals surface area contributed by atoms with Crippen LogP contribution in [0.3, 0.4) is 0 Å². The van der Waals surface area contributed by atoms with Crippen LogP contribution in [0.4, 0.5) is 0 Å². The first-order valence-electron chi connectivity index (χ1n) is 7.28. The third-order valence-electron chi connectivity index (χ3n) is 4.12. The fraction of sp³-hybridized carbons (Fsp3) is 0.786. The lowest BCUT2D eigenvalue weighted by molar-refractivity contribution is 0.154. The molecule has 1 aromatic heterocycles. The van der Waals surface area contributed by atoms with Crippen LogP contribution in [0.25, 0.3) is 0 Å². The molecule has 2 atom stereocenters. The summed E-state index contributed by atoms with van der Waals surface area (Å²) in [6, 6.07) is 0.342. The summed E-state index contributed by atoms with van der Waals surface area (Å²) < 4.78 is 2.04. The van der Waals surface area contributed by atoms with Crippen molar-refractivity contribution >= 4 is 11.6 Å². The predicted molar refractivity (Wildman–Crippen MR) is 79.3 cm³/mol. The van der Waals surface area contributed by atoms with Crippen molar-refractivity contribution in [3.05, 3.63) is 16.4 Å². The molecule has 2 N–H and O–H groups in total. The standard InChI is InChI=1S/C14H25ClN4/c1-4-12-14(15)13(19(5-2)17-12)9-18-7-6-11(16)10(3)8-18/h10-11H,4-9,16H2,1-3H3. The second-order valence-corrected chi connectivity index (χ2v) is 5.92. The van der Waals surface area contributed by atoms with Gasteiger partial charge in [0, 0.05) is 32.2 Å². The third kappa shape index (κ3) is 3.12. The summed E-state index contributed by atoms with van der Waals surface area (Å²) in [6.45, 7) is 10.3. The molecule has 0 radical (unpaired) electrons. The van der Waals surface area contributed by atoms with E-state index in [0.29, 0.717) is 12.0 Å². The molecule has 19 heavy (non-hydrogen) atoms. The fourth-order valence-corrected chi connectivity index (χ4v) is 3.10. The quantitative estimate of drug-likeness (QED) is 0.923. The molecule has 2 heterocycles. The molecule has 5 heteroatoms. The van der Waals surface area contributed by atoms with Gasteiger partial charge in [-0.05, 0) is 25.7 Å². The van der Waals surface area contributed by atoms with Gasteiger partial charge in [0.05, 0.1) is 16.4 Å². The molecule has 1 saturated heterocycles. The van der Waals surface area contributed by atoms with Gasteiger partial charge in [0.1, 0.15) is 0 Å². The molecule has 2 unspecified atom stereocenters. The second kappa shape index (κ2) is 6.25. The zero-order chi connectivity index (χ0) is 14.0. The van der Waals surface area contributed by atoms with E-state index in [1.807, 2.05) is 4.68 Å². The van der Waals surface area contributed by atoms with Gasteiger partial charge in [-0.3, -0.25) is 9.58 Å². The van der Waals surface area contributed by atoms with E-state index in [4.69, 9.17) is 17.3 Å². The number of nitrogens with zero attached hydrogens (tertiary/aromatic N) is 3. The number of rotatable bonds is 4. The van der Waals surface area contributed by atoms with Gasteiger partial charge in [-0.1, -0.05) is 25.4 Å². The maximum absolute atomic E-state index is 6.46. The Labute approximate surface area is 120 Å². The highest BCUT2D eigenvalue weighted by Gasteiger charge is 2.25. The summed E-state index contributed by atoms with van der Waals surface area (Å²) in [5, 5.41) is 5.43. The molecule has 0 saturated carbocycles. The van der Waals surface area contributed by atoms with Gasteiger partial charge in [-0.15, -0.1) is 0 Å². The van der Waals surface area contributed by atoms with Crippen molar-refractivity contribution in [3.63, 3.8) is 0 Å². The maximum atomic E-state index is 6.46. The Balaban J connectivity index is 2.12. The number of aryl methyl sites for hydroxylation is 2. The first-order valence-corrected chi connectivity index (χ1v) is 7.66. The molecule has 1 aliphatic rings. The van der Waals surface area contributed by atoms with E-state index in [1.54, 1.807) is 0 Å². The lowest BCUT2D eigenvalue weighted by Gasteiger charge is -2.35. The largest absolute Gasteiger partial charge is 0.327 e. The first-order chi connectivity index (χ1) is 9.06. The Bertz CT molecular complexity index is 429. The minimum absolute atomic E-state index is 0.342. The Kier molecular flexibility index (Phi) is 4.87. The maximum Gasteiger partial charge on any atom is 0.0863 e. The summed E-state index contributed by atoms with van der Waals surface area (Å²) in [5.74, 6) is 0.552. The minimum atomic E-state index is 0.342. The van der Waals surface area contributed by atoms with E-state index in [0.717, 1.165) is 55.4 Å². The first kappa shape index (κ1) is 14.8. The molecule has 1 aliphatic heterocycles. The normalized spacial score (nSPS) is 24.9. The van der Waals surface area contributed by atoms with Crippen molar-refractivity contribution in [1.29, 1.82) is 0 Å². The van der Waals surface area contributed by atoms with Crippen molar-refractivity contribution in [1.82, 2.24) is 14.7 Å². The minimum Gasteiger partial charge on any atom is -0.327 e. The van der Waals surface area contributed by atoms with Crippen LogP contribution in [0, 0.1) is 5.92 Å².